The molecule has 7 heteroatoms. The highest BCUT2D eigenvalue weighted by atomic mass is 19.1. The fraction of sp³-hybridized carbons (Fsp3) is 0.500. The molecule has 5 nitrogen and oxygen atoms in total. The first-order valence-electron chi connectivity index (χ1n) is 5.13. The summed E-state index contributed by atoms with van der Waals surface area (Å²) < 4.78 is 31.5. The zero-order valence-corrected chi connectivity index (χ0v) is 9.83. The van der Waals surface area contributed by atoms with Gasteiger partial charge in [0.15, 0.2) is 23.3 Å². The Kier molecular flexibility index (Phi) is 5.05. The van der Waals surface area contributed by atoms with E-state index >= 15 is 0 Å². The lowest BCUT2D eigenvalue weighted by Gasteiger charge is -2.19. The van der Waals surface area contributed by atoms with Crippen molar-refractivity contribution < 1.29 is 13.5 Å². The van der Waals surface area contributed by atoms with Crippen LogP contribution < -0.4 is 16.2 Å². The Morgan fingerprint density at radius 3 is 2.76 bits per heavy atom. The van der Waals surface area contributed by atoms with Crippen molar-refractivity contribution in [2.45, 2.75) is 6.42 Å². The zero-order chi connectivity index (χ0) is 12.8. The molecule has 3 N–H and O–H groups in total. The van der Waals surface area contributed by atoms with Crippen molar-refractivity contribution in [2.75, 3.05) is 37.6 Å². The number of nitrogens with zero attached hydrogens (tertiary/aromatic N) is 2. The summed E-state index contributed by atoms with van der Waals surface area (Å²) in [5, 5.41) is 0. The molecule has 0 fully saturated rings. The first-order valence-corrected chi connectivity index (χ1v) is 5.13. The van der Waals surface area contributed by atoms with Gasteiger partial charge >= 0.3 is 0 Å². The lowest BCUT2D eigenvalue weighted by molar-refractivity contribution is 0.196. The Balaban J connectivity index is 2.81. The molecule has 0 saturated heterocycles. The van der Waals surface area contributed by atoms with Gasteiger partial charge in [-0.3, -0.25) is 0 Å². The maximum atomic E-state index is 13.5. The summed E-state index contributed by atoms with van der Waals surface area (Å²) in [6.45, 7) is 1.11. The molecule has 17 heavy (non-hydrogen) atoms. The lowest BCUT2D eigenvalue weighted by atomic mass is 10.3. The van der Waals surface area contributed by atoms with Crippen molar-refractivity contribution in [1.82, 2.24) is 4.98 Å². The molecular formula is C10H16F2N4O. The lowest BCUT2D eigenvalue weighted by Crippen LogP contribution is -2.23. The van der Waals surface area contributed by atoms with E-state index in [1.807, 2.05) is 0 Å². The Labute approximate surface area is 98.5 Å². The van der Waals surface area contributed by atoms with Gasteiger partial charge in [-0.25, -0.2) is 19.6 Å². The number of hydrazine groups is 1. The standard InChI is InChI=1S/C10H16F2N4O/c1-16(4-3-5-17-2)10-8(12)6-7(11)9(14-10)15-13/h6H,3-5,13H2,1-2H3,(H,14,15). The van der Waals surface area contributed by atoms with Gasteiger partial charge in [0.25, 0.3) is 0 Å². The Morgan fingerprint density at radius 2 is 2.18 bits per heavy atom. The average molecular weight is 246 g/mol. The summed E-state index contributed by atoms with van der Waals surface area (Å²) in [5.41, 5.74) is 2.08. The number of anilines is 2. The van der Waals surface area contributed by atoms with Crippen LogP contribution >= 0.6 is 0 Å². The second-order valence-electron chi connectivity index (χ2n) is 3.54. The number of nitrogens with two attached hydrogens (primary N) is 1. The van der Waals surface area contributed by atoms with Crippen LogP contribution in [0.2, 0.25) is 0 Å². The highest BCUT2D eigenvalue weighted by Gasteiger charge is 2.14. The van der Waals surface area contributed by atoms with Crippen LogP contribution in [0.4, 0.5) is 20.4 Å². The Morgan fingerprint density at radius 1 is 1.47 bits per heavy atom. The summed E-state index contributed by atoms with van der Waals surface area (Å²) in [4.78, 5) is 5.35. The molecule has 1 aromatic heterocycles. The maximum Gasteiger partial charge on any atom is 0.178 e. The molecule has 0 aromatic carbocycles. The number of methoxy groups -OCH3 is 1. The minimum atomic E-state index is -0.820. The van der Waals surface area contributed by atoms with Crippen molar-refractivity contribution in [3.05, 3.63) is 17.7 Å². The van der Waals surface area contributed by atoms with Crippen molar-refractivity contribution in [2.24, 2.45) is 5.84 Å². The molecule has 0 aliphatic carbocycles. The van der Waals surface area contributed by atoms with Crippen LogP contribution in [-0.2, 0) is 4.74 Å². The molecule has 0 saturated carbocycles. The second-order valence-corrected chi connectivity index (χ2v) is 3.54. The van der Waals surface area contributed by atoms with Gasteiger partial charge in [-0.1, -0.05) is 0 Å². The largest absolute Gasteiger partial charge is 0.385 e. The molecule has 1 heterocycles. The van der Waals surface area contributed by atoms with E-state index in [0.29, 0.717) is 13.2 Å². The Bertz CT molecular complexity index is 376. The molecule has 1 rings (SSSR count). The summed E-state index contributed by atoms with van der Waals surface area (Å²) in [5.74, 6) is 3.41. The minimum absolute atomic E-state index is 0.0513. The fourth-order valence-corrected chi connectivity index (χ4v) is 1.38. The SMILES string of the molecule is COCCCN(C)c1nc(NN)c(F)cc1F. The van der Waals surface area contributed by atoms with Crippen LogP contribution in [0.1, 0.15) is 6.42 Å². The second kappa shape index (κ2) is 6.31. The number of halogens is 2. The van der Waals surface area contributed by atoms with Crippen molar-refractivity contribution in [3.8, 4) is 0 Å². The first-order chi connectivity index (χ1) is 8.10. The monoisotopic (exact) mass is 246 g/mol. The van der Waals surface area contributed by atoms with E-state index in [9.17, 15) is 8.78 Å². The minimum Gasteiger partial charge on any atom is -0.385 e. The first kappa shape index (κ1) is 13.6. The summed E-state index contributed by atoms with van der Waals surface area (Å²) in [7, 11) is 3.26. The number of nitrogen functional groups attached to an aromatic ring is 1. The summed E-state index contributed by atoms with van der Waals surface area (Å²) >= 11 is 0. The van der Waals surface area contributed by atoms with Crippen LogP contribution in [0.25, 0.3) is 0 Å². The van der Waals surface area contributed by atoms with Gasteiger partial charge in [0.1, 0.15) is 0 Å². The molecule has 0 aliphatic heterocycles. The maximum absolute atomic E-state index is 13.5. The molecular weight excluding hydrogens is 230 g/mol. The van der Waals surface area contributed by atoms with Crippen LogP contribution in [-0.4, -0.2) is 32.3 Å². The van der Waals surface area contributed by atoms with E-state index in [2.05, 4.69) is 10.4 Å². The van der Waals surface area contributed by atoms with Gasteiger partial charge in [-0.2, -0.15) is 0 Å². The van der Waals surface area contributed by atoms with Crippen molar-refractivity contribution in [3.63, 3.8) is 0 Å². The quantitative estimate of drug-likeness (QED) is 0.447. The highest BCUT2D eigenvalue weighted by molar-refractivity contribution is 5.48. The molecule has 96 valence electrons. The topological polar surface area (TPSA) is 63.4 Å². The van der Waals surface area contributed by atoms with Crippen LogP contribution in [0.3, 0.4) is 0 Å². The van der Waals surface area contributed by atoms with Crippen LogP contribution in [0.5, 0.6) is 0 Å². The van der Waals surface area contributed by atoms with E-state index < -0.39 is 11.6 Å². The molecule has 0 bridgehead atoms. The van der Waals surface area contributed by atoms with E-state index in [1.54, 1.807) is 19.1 Å². The molecule has 0 unspecified atom stereocenters. The zero-order valence-electron chi connectivity index (χ0n) is 9.83. The van der Waals surface area contributed by atoms with Gasteiger partial charge in [0.05, 0.1) is 0 Å². The number of rotatable bonds is 6. The third-order valence-corrected chi connectivity index (χ3v) is 2.25. The third-order valence-electron chi connectivity index (χ3n) is 2.25. The normalized spacial score (nSPS) is 10.4. The van der Waals surface area contributed by atoms with E-state index in [0.717, 1.165) is 12.5 Å². The van der Waals surface area contributed by atoms with Gasteiger partial charge in [0.2, 0.25) is 0 Å². The van der Waals surface area contributed by atoms with E-state index in [-0.39, 0.29) is 11.6 Å². The number of hydrogen-bond acceptors (Lipinski definition) is 5. The molecule has 0 radical (unpaired) electrons. The predicted molar refractivity (Wildman–Crippen MR) is 61.7 cm³/mol. The average Bonchev–Trinajstić information content (AvgIpc) is 2.29. The van der Waals surface area contributed by atoms with Gasteiger partial charge in [-0.05, 0) is 6.42 Å². The molecule has 0 aliphatic rings. The van der Waals surface area contributed by atoms with Crippen molar-refractivity contribution >= 4 is 11.6 Å². The number of hydrogen-bond donors (Lipinski definition) is 2. The summed E-state index contributed by atoms with van der Waals surface area (Å²) in [6.07, 6.45) is 0.719. The number of aromatic nitrogens is 1. The van der Waals surface area contributed by atoms with Gasteiger partial charge in [0, 0.05) is 33.4 Å². The summed E-state index contributed by atoms with van der Waals surface area (Å²) in [6, 6.07) is 0.754. The van der Waals surface area contributed by atoms with Crippen LogP contribution in [0.15, 0.2) is 6.07 Å². The molecule has 0 spiro atoms. The predicted octanol–water partition coefficient (Wildman–Crippen LogP) is 1.12. The number of pyridine rings is 1. The molecule has 0 atom stereocenters. The van der Waals surface area contributed by atoms with Crippen LogP contribution in [0, 0.1) is 11.6 Å². The van der Waals surface area contributed by atoms with Gasteiger partial charge in [-0.15, -0.1) is 0 Å². The van der Waals surface area contributed by atoms with Crippen molar-refractivity contribution in [1.29, 1.82) is 0 Å². The fourth-order valence-electron chi connectivity index (χ4n) is 1.38. The highest BCUT2D eigenvalue weighted by Crippen LogP contribution is 2.20. The Hall–Kier alpha value is -1.47. The molecule has 1 aromatic rings. The number of ether oxygens (including phenoxy) is 1. The van der Waals surface area contributed by atoms with Gasteiger partial charge < -0.3 is 15.1 Å². The third kappa shape index (κ3) is 3.50. The van der Waals surface area contributed by atoms with E-state index in [4.69, 9.17) is 10.6 Å². The smallest absolute Gasteiger partial charge is 0.178 e. The van der Waals surface area contributed by atoms with E-state index in [1.165, 1.54) is 0 Å². The number of nitrogens with one attached hydrogen (secondary N) is 1. The molecule has 0 amide bonds.